The van der Waals surface area contributed by atoms with E-state index in [2.05, 4.69) is 55.3 Å². The normalized spacial score (nSPS) is 24.9. The summed E-state index contributed by atoms with van der Waals surface area (Å²) in [7, 11) is 0. The number of hydrogen-bond acceptors (Lipinski definition) is 2. The molecule has 1 aromatic rings. The number of nitrogens with zero attached hydrogens (tertiary/aromatic N) is 1. The molecule has 2 heteroatoms. The van der Waals surface area contributed by atoms with Crippen molar-refractivity contribution in [2.24, 2.45) is 0 Å². The second-order valence-electron chi connectivity index (χ2n) is 7.19. The fourth-order valence-electron chi connectivity index (χ4n) is 4.04. The lowest BCUT2D eigenvalue weighted by molar-refractivity contribution is 0.197. The van der Waals surface area contributed by atoms with Crippen LogP contribution in [-0.4, -0.2) is 24.2 Å². The van der Waals surface area contributed by atoms with Crippen LogP contribution in [0, 0.1) is 6.92 Å². The number of hydrogen-bond donors (Lipinski definition) is 1. The Morgan fingerprint density at radius 3 is 2.53 bits per heavy atom. The first kappa shape index (κ1) is 13.0. The van der Waals surface area contributed by atoms with Crippen LogP contribution in [0.3, 0.4) is 0 Å². The first-order chi connectivity index (χ1) is 8.98. The highest BCUT2D eigenvalue weighted by molar-refractivity contribution is 5.50. The van der Waals surface area contributed by atoms with E-state index >= 15 is 0 Å². The van der Waals surface area contributed by atoms with Crippen molar-refractivity contribution < 1.29 is 0 Å². The third-order valence-electron chi connectivity index (χ3n) is 4.61. The molecule has 2 aliphatic rings. The molecule has 2 fully saturated rings. The topological polar surface area (TPSA) is 15.3 Å². The largest absolute Gasteiger partial charge is 0.368 e. The Hall–Kier alpha value is -1.02. The second-order valence-corrected chi connectivity index (χ2v) is 7.19. The number of nitrogens with one attached hydrogen (secondary N) is 1. The molecule has 0 amide bonds. The quantitative estimate of drug-likeness (QED) is 0.829. The van der Waals surface area contributed by atoms with Crippen LogP contribution in [0.2, 0.25) is 0 Å². The molecule has 19 heavy (non-hydrogen) atoms. The van der Waals surface area contributed by atoms with Crippen molar-refractivity contribution in [2.45, 2.75) is 57.5 Å². The fraction of sp³-hybridized carbons (Fsp3) is 0.647. The summed E-state index contributed by atoms with van der Waals surface area (Å²) in [6.07, 6.45) is 5.42. The zero-order valence-electron chi connectivity index (χ0n) is 12.5. The maximum atomic E-state index is 3.94. The van der Waals surface area contributed by atoms with Crippen molar-refractivity contribution in [3.63, 3.8) is 0 Å². The van der Waals surface area contributed by atoms with Crippen LogP contribution >= 0.6 is 0 Å². The molecule has 1 aromatic carbocycles. The Balaban J connectivity index is 1.89. The lowest BCUT2D eigenvalue weighted by Crippen LogP contribution is -2.68. The van der Waals surface area contributed by atoms with E-state index in [1.807, 2.05) is 0 Å². The van der Waals surface area contributed by atoms with Crippen LogP contribution in [0.5, 0.6) is 0 Å². The van der Waals surface area contributed by atoms with Gasteiger partial charge in [0.15, 0.2) is 0 Å². The van der Waals surface area contributed by atoms with E-state index in [9.17, 15) is 0 Å². The van der Waals surface area contributed by atoms with Gasteiger partial charge in [0, 0.05) is 29.9 Å². The average molecular weight is 258 g/mol. The molecule has 0 atom stereocenters. The van der Waals surface area contributed by atoms with Crippen LogP contribution < -0.4 is 10.2 Å². The summed E-state index contributed by atoms with van der Waals surface area (Å²) >= 11 is 0. The summed E-state index contributed by atoms with van der Waals surface area (Å²) in [6, 6.07) is 8.95. The van der Waals surface area contributed by atoms with E-state index in [4.69, 9.17) is 0 Å². The lowest BCUT2D eigenvalue weighted by Gasteiger charge is -2.51. The minimum atomic E-state index is 0.201. The maximum absolute atomic E-state index is 3.94. The summed E-state index contributed by atoms with van der Waals surface area (Å²) in [5.41, 5.74) is 3.30. The molecular formula is C17H26N2. The molecule has 1 aliphatic carbocycles. The molecule has 1 saturated carbocycles. The van der Waals surface area contributed by atoms with Gasteiger partial charge in [0.05, 0.1) is 0 Å². The summed E-state index contributed by atoms with van der Waals surface area (Å²) in [5, 5.41) is 3.94. The van der Waals surface area contributed by atoms with Crippen molar-refractivity contribution in [1.82, 2.24) is 5.32 Å². The zero-order valence-corrected chi connectivity index (χ0v) is 12.5. The molecule has 1 aliphatic heterocycles. The third kappa shape index (κ3) is 2.64. The van der Waals surface area contributed by atoms with Gasteiger partial charge in [-0.1, -0.05) is 25.0 Å². The molecule has 104 valence electrons. The van der Waals surface area contributed by atoms with Crippen LogP contribution in [0.25, 0.3) is 0 Å². The highest BCUT2D eigenvalue weighted by Gasteiger charge is 2.44. The van der Waals surface area contributed by atoms with Crippen LogP contribution in [0.15, 0.2) is 24.3 Å². The predicted molar refractivity (Wildman–Crippen MR) is 81.8 cm³/mol. The smallest absolute Gasteiger partial charge is 0.0370 e. The first-order valence-electron chi connectivity index (χ1n) is 7.59. The monoisotopic (exact) mass is 258 g/mol. The minimum absolute atomic E-state index is 0.201. The summed E-state index contributed by atoms with van der Waals surface area (Å²) in [4.78, 5) is 2.59. The lowest BCUT2D eigenvalue weighted by atomic mass is 9.87. The van der Waals surface area contributed by atoms with Crippen LogP contribution in [0.1, 0.15) is 45.1 Å². The SMILES string of the molecule is Cc1cccc(N2CC(C)(C)NC3(CCCC3)C2)c1. The van der Waals surface area contributed by atoms with E-state index in [-0.39, 0.29) is 5.54 Å². The van der Waals surface area contributed by atoms with Gasteiger partial charge in [-0.15, -0.1) is 0 Å². The Morgan fingerprint density at radius 1 is 1.11 bits per heavy atom. The number of aryl methyl sites for hydroxylation is 1. The molecule has 0 aromatic heterocycles. The van der Waals surface area contributed by atoms with Crippen LogP contribution in [0.4, 0.5) is 5.69 Å². The van der Waals surface area contributed by atoms with E-state index in [1.54, 1.807) is 0 Å². The van der Waals surface area contributed by atoms with Crippen molar-refractivity contribution >= 4 is 5.69 Å². The van der Waals surface area contributed by atoms with Crippen molar-refractivity contribution in [2.75, 3.05) is 18.0 Å². The molecule has 2 nitrogen and oxygen atoms in total. The second kappa shape index (κ2) is 4.52. The Morgan fingerprint density at radius 2 is 1.84 bits per heavy atom. The number of rotatable bonds is 1. The van der Waals surface area contributed by atoms with Crippen molar-refractivity contribution in [3.05, 3.63) is 29.8 Å². The van der Waals surface area contributed by atoms with Crippen LogP contribution in [-0.2, 0) is 0 Å². The van der Waals surface area contributed by atoms with Crippen molar-refractivity contribution in [1.29, 1.82) is 0 Å². The Labute approximate surface area is 117 Å². The van der Waals surface area contributed by atoms with E-state index in [0.717, 1.165) is 6.54 Å². The Kier molecular flexibility index (Phi) is 3.09. The van der Waals surface area contributed by atoms with E-state index in [1.165, 1.54) is 43.5 Å². The van der Waals surface area contributed by atoms with Crippen molar-refractivity contribution in [3.8, 4) is 0 Å². The molecule has 1 N–H and O–H groups in total. The maximum Gasteiger partial charge on any atom is 0.0370 e. The first-order valence-corrected chi connectivity index (χ1v) is 7.59. The molecule has 0 unspecified atom stereocenters. The van der Waals surface area contributed by atoms with Gasteiger partial charge in [-0.2, -0.15) is 0 Å². The fourth-order valence-corrected chi connectivity index (χ4v) is 4.04. The van der Waals surface area contributed by atoms with Gasteiger partial charge in [-0.05, 0) is 51.3 Å². The summed E-state index contributed by atoms with van der Waals surface area (Å²) in [6.45, 7) is 9.13. The Bertz CT molecular complexity index is 458. The molecule has 0 radical (unpaired) electrons. The highest BCUT2D eigenvalue weighted by atomic mass is 15.3. The van der Waals surface area contributed by atoms with Gasteiger partial charge in [-0.3, -0.25) is 0 Å². The summed E-state index contributed by atoms with van der Waals surface area (Å²) in [5.74, 6) is 0. The molecule has 1 saturated heterocycles. The van der Waals surface area contributed by atoms with E-state index in [0.29, 0.717) is 5.54 Å². The number of piperazine rings is 1. The zero-order chi connectivity index (χ0) is 13.5. The molecule has 0 bridgehead atoms. The van der Waals surface area contributed by atoms with E-state index < -0.39 is 0 Å². The minimum Gasteiger partial charge on any atom is -0.368 e. The van der Waals surface area contributed by atoms with Gasteiger partial charge < -0.3 is 10.2 Å². The van der Waals surface area contributed by atoms with Gasteiger partial charge in [-0.25, -0.2) is 0 Å². The van der Waals surface area contributed by atoms with Gasteiger partial charge in [0.2, 0.25) is 0 Å². The predicted octanol–water partition coefficient (Wildman–Crippen LogP) is 3.50. The average Bonchev–Trinajstić information content (AvgIpc) is 2.74. The molecular weight excluding hydrogens is 232 g/mol. The van der Waals surface area contributed by atoms with Gasteiger partial charge in [0.1, 0.15) is 0 Å². The van der Waals surface area contributed by atoms with Gasteiger partial charge in [0.25, 0.3) is 0 Å². The molecule has 1 spiro atoms. The highest BCUT2D eigenvalue weighted by Crippen LogP contribution is 2.37. The summed E-state index contributed by atoms with van der Waals surface area (Å²) < 4.78 is 0. The third-order valence-corrected chi connectivity index (χ3v) is 4.61. The number of benzene rings is 1. The standard InChI is InChI=1S/C17H26N2/c1-14-7-6-8-15(11-14)19-12-16(2,3)18-17(13-19)9-4-5-10-17/h6-8,11,18H,4-5,9-10,12-13H2,1-3H3. The molecule has 1 heterocycles. The number of anilines is 1. The molecule has 3 rings (SSSR count). The van der Waals surface area contributed by atoms with Gasteiger partial charge >= 0.3 is 0 Å².